The number of hydrogen-bond acceptors (Lipinski definition) is 3. The molecule has 1 atom stereocenters. The molecule has 0 bridgehead atoms. The highest BCUT2D eigenvalue weighted by Gasteiger charge is 2.20. The van der Waals surface area contributed by atoms with Crippen molar-refractivity contribution in [3.63, 3.8) is 0 Å². The van der Waals surface area contributed by atoms with Crippen molar-refractivity contribution < 1.29 is 4.79 Å². The summed E-state index contributed by atoms with van der Waals surface area (Å²) in [6.07, 6.45) is 1.17. The van der Waals surface area contributed by atoms with E-state index in [9.17, 15) is 4.79 Å². The summed E-state index contributed by atoms with van der Waals surface area (Å²) < 4.78 is 0.891. The Labute approximate surface area is 123 Å². The highest BCUT2D eigenvalue weighted by atomic mass is 79.9. The Hall–Kier alpha value is -0.870. The molecule has 0 spiro atoms. The summed E-state index contributed by atoms with van der Waals surface area (Å²) in [5, 5.41) is 0. The Morgan fingerprint density at radius 1 is 1.37 bits per heavy atom. The van der Waals surface area contributed by atoms with Crippen LogP contribution in [0.4, 0.5) is 5.69 Å². The summed E-state index contributed by atoms with van der Waals surface area (Å²) in [5.41, 5.74) is 1.95. The number of anilines is 1. The van der Waals surface area contributed by atoms with Crippen molar-refractivity contribution in [1.29, 1.82) is 0 Å². The summed E-state index contributed by atoms with van der Waals surface area (Å²) in [6, 6.07) is 6.54. The summed E-state index contributed by atoms with van der Waals surface area (Å²) >= 11 is 3.51. The molecule has 0 aliphatic carbocycles. The molecule has 0 N–H and O–H groups in total. The molecular weight excluding hydrogens is 304 g/mol. The lowest BCUT2D eigenvalue weighted by Gasteiger charge is -2.30. The van der Waals surface area contributed by atoms with Gasteiger partial charge in [0.05, 0.1) is 0 Å². The van der Waals surface area contributed by atoms with Crippen LogP contribution in [0.1, 0.15) is 30.6 Å². The van der Waals surface area contributed by atoms with Gasteiger partial charge in [-0.2, -0.15) is 0 Å². The third-order valence-corrected chi connectivity index (χ3v) is 4.37. The molecule has 1 aromatic rings. The van der Waals surface area contributed by atoms with E-state index in [0.29, 0.717) is 6.04 Å². The van der Waals surface area contributed by atoms with E-state index in [-0.39, 0.29) is 5.78 Å². The Morgan fingerprint density at radius 2 is 2.11 bits per heavy atom. The predicted octanol–water partition coefficient (Wildman–Crippen LogP) is 3.18. The molecule has 1 aliphatic rings. The van der Waals surface area contributed by atoms with Crippen LogP contribution in [-0.4, -0.2) is 43.4 Å². The van der Waals surface area contributed by atoms with Gasteiger partial charge in [-0.25, -0.2) is 0 Å². The number of Topliss-reactive ketones (excluding diaryl/α,β-unsaturated/α-hetero) is 1. The molecule has 2 rings (SSSR count). The topological polar surface area (TPSA) is 23.6 Å². The SMILES string of the molecule is CC(=O)c1ccc(N2CCCN(C)CC2C)cc1Br. The molecular formula is C15H21BrN2O. The number of nitrogens with zero attached hydrogens (tertiary/aromatic N) is 2. The average molecular weight is 325 g/mol. The van der Waals surface area contributed by atoms with Crippen molar-refractivity contribution in [2.75, 3.05) is 31.6 Å². The molecule has 1 unspecified atom stereocenters. The van der Waals surface area contributed by atoms with Gasteiger partial charge in [-0.3, -0.25) is 4.79 Å². The predicted molar refractivity (Wildman–Crippen MR) is 83.1 cm³/mol. The molecule has 0 aromatic heterocycles. The maximum Gasteiger partial charge on any atom is 0.160 e. The standard InChI is InChI=1S/C15H21BrN2O/c1-11-10-17(3)7-4-8-18(11)13-5-6-14(12(2)19)15(16)9-13/h5-6,9,11H,4,7-8,10H2,1-3H3. The molecule has 1 heterocycles. The van der Waals surface area contributed by atoms with Gasteiger partial charge in [-0.1, -0.05) is 0 Å². The van der Waals surface area contributed by atoms with Crippen LogP contribution < -0.4 is 4.90 Å². The van der Waals surface area contributed by atoms with Gasteiger partial charge in [0.15, 0.2) is 5.78 Å². The van der Waals surface area contributed by atoms with Crippen LogP contribution in [0.15, 0.2) is 22.7 Å². The van der Waals surface area contributed by atoms with Crippen LogP contribution in [0.2, 0.25) is 0 Å². The molecule has 1 aromatic carbocycles. The molecule has 0 saturated carbocycles. The minimum atomic E-state index is 0.0991. The summed E-state index contributed by atoms with van der Waals surface area (Å²) in [6.45, 7) is 7.15. The third-order valence-electron chi connectivity index (χ3n) is 3.71. The van der Waals surface area contributed by atoms with Gasteiger partial charge in [0.1, 0.15) is 0 Å². The third kappa shape index (κ3) is 3.37. The van der Waals surface area contributed by atoms with E-state index in [2.05, 4.69) is 51.8 Å². The molecule has 1 fully saturated rings. The number of hydrogen-bond donors (Lipinski definition) is 0. The number of carbonyl (C=O) groups excluding carboxylic acids is 1. The molecule has 1 aliphatic heterocycles. The lowest BCUT2D eigenvalue weighted by Crippen LogP contribution is -2.37. The van der Waals surface area contributed by atoms with E-state index >= 15 is 0 Å². The van der Waals surface area contributed by atoms with Gasteiger partial charge in [0, 0.05) is 34.9 Å². The van der Waals surface area contributed by atoms with E-state index in [1.807, 2.05) is 6.07 Å². The molecule has 0 amide bonds. The Balaban J connectivity index is 2.25. The zero-order chi connectivity index (χ0) is 14.0. The second-order valence-electron chi connectivity index (χ2n) is 5.38. The lowest BCUT2D eigenvalue weighted by molar-refractivity contribution is 0.101. The number of rotatable bonds is 2. The molecule has 104 valence electrons. The van der Waals surface area contributed by atoms with Crippen LogP contribution in [0.25, 0.3) is 0 Å². The monoisotopic (exact) mass is 324 g/mol. The van der Waals surface area contributed by atoms with Gasteiger partial charge < -0.3 is 9.80 Å². The highest BCUT2D eigenvalue weighted by Crippen LogP contribution is 2.27. The maximum absolute atomic E-state index is 11.5. The lowest BCUT2D eigenvalue weighted by atomic mass is 10.1. The fraction of sp³-hybridized carbons (Fsp3) is 0.533. The number of carbonyl (C=O) groups is 1. The van der Waals surface area contributed by atoms with Crippen molar-refractivity contribution in [3.8, 4) is 0 Å². The quantitative estimate of drug-likeness (QED) is 0.780. The van der Waals surface area contributed by atoms with Crippen molar-refractivity contribution in [3.05, 3.63) is 28.2 Å². The van der Waals surface area contributed by atoms with E-state index in [1.165, 1.54) is 12.1 Å². The largest absolute Gasteiger partial charge is 0.367 e. The molecule has 3 nitrogen and oxygen atoms in total. The maximum atomic E-state index is 11.5. The van der Waals surface area contributed by atoms with Crippen LogP contribution in [0, 0.1) is 0 Å². The molecule has 0 radical (unpaired) electrons. The van der Waals surface area contributed by atoms with Gasteiger partial charge >= 0.3 is 0 Å². The number of ketones is 1. The summed E-state index contributed by atoms with van der Waals surface area (Å²) in [7, 11) is 2.18. The Kier molecular flexibility index (Phi) is 4.63. The minimum absolute atomic E-state index is 0.0991. The van der Waals surface area contributed by atoms with Gasteiger partial charge in [-0.05, 0) is 68.0 Å². The normalized spacial score (nSPS) is 21.3. The van der Waals surface area contributed by atoms with Gasteiger partial charge in [0.25, 0.3) is 0 Å². The first-order chi connectivity index (χ1) is 8.99. The van der Waals surface area contributed by atoms with E-state index in [0.717, 1.165) is 29.7 Å². The molecule has 19 heavy (non-hydrogen) atoms. The van der Waals surface area contributed by atoms with E-state index in [1.54, 1.807) is 6.92 Å². The van der Waals surface area contributed by atoms with Gasteiger partial charge in [-0.15, -0.1) is 0 Å². The summed E-state index contributed by atoms with van der Waals surface area (Å²) in [4.78, 5) is 16.3. The zero-order valence-corrected chi connectivity index (χ0v) is 13.4. The van der Waals surface area contributed by atoms with Crippen molar-refractivity contribution in [1.82, 2.24) is 4.90 Å². The van der Waals surface area contributed by atoms with E-state index < -0.39 is 0 Å². The van der Waals surface area contributed by atoms with E-state index in [4.69, 9.17) is 0 Å². The number of likely N-dealkylation sites (N-methyl/N-ethyl adjacent to an activating group) is 1. The average Bonchev–Trinajstić information content (AvgIpc) is 2.49. The number of benzene rings is 1. The zero-order valence-electron chi connectivity index (χ0n) is 11.8. The Morgan fingerprint density at radius 3 is 2.74 bits per heavy atom. The minimum Gasteiger partial charge on any atom is -0.367 e. The number of halogens is 1. The van der Waals surface area contributed by atoms with Crippen LogP contribution >= 0.6 is 15.9 Å². The van der Waals surface area contributed by atoms with Crippen molar-refractivity contribution in [2.45, 2.75) is 26.3 Å². The summed E-state index contributed by atoms with van der Waals surface area (Å²) in [5.74, 6) is 0.0991. The van der Waals surface area contributed by atoms with Crippen LogP contribution in [0.5, 0.6) is 0 Å². The molecule has 4 heteroatoms. The fourth-order valence-electron chi connectivity index (χ4n) is 2.72. The second-order valence-corrected chi connectivity index (χ2v) is 6.23. The van der Waals surface area contributed by atoms with Crippen LogP contribution in [-0.2, 0) is 0 Å². The first-order valence-corrected chi connectivity index (χ1v) is 7.54. The second kappa shape index (κ2) is 6.06. The first-order valence-electron chi connectivity index (χ1n) is 6.74. The smallest absolute Gasteiger partial charge is 0.160 e. The molecule has 1 saturated heterocycles. The van der Waals surface area contributed by atoms with Crippen molar-refractivity contribution in [2.24, 2.45) is 0 Å². The van der Waals surface area contributed by atoms with Gasteiger partial charge in [0.2, 0.25) is 0 Å². The van der Waals surface area contributed by atoms with Crippen molar-refractivity contribution >= 4 is 27.4 Å². The Bertz CT molecular complexity index is 475. The first kappa shape index (κ1) is 14.5. The van der Waals surface area contributed by atoms with Crippen LogP contribution in [0.3, 0.4) is 0 Å². The highest BCUT2D eigenvalue weighted by molar-refractivity contribution is 9.10. The fourth-order valence-corrected chi connectivity index (χ4v) is 3.37.